The van der Waals surface area contributed by atoms with Gasteiger partial charge in [0.1, 0.15) is 0 Å². The average molecular weight is 728 g/mol. The Morgan fingerprint density at radius 2 is 0.519 bits per heavy atom. The summed E-state index contributed by atoms with van der Waals surface area (Å²) < 4.78 is 19.2. The molecule has 3 heteroatoms. The Morgan fingerprint density at radius 1 is 0.308 bits per heavy atom. The molecule has 0 aromatic heterocycles. The molecular formula is C49H91O3. The fraction of sp³-hybridized carbons (Fsp3) is 0.857. The van der Waals surface area contributed by atoms with E-state index in [1.54, 1.807) is 0 Å². The first-order chi connectivity index (χ1) is 25.7. The zero-order chi connectivity index (χ0) is 37.4. The zero-order valence-electron chi connectivity index (χ0n) is 35.7. The second kappa shape index (κ2) is 39.3. The maximum absolute atomic E-state index is 6.47. The molecule has 0 N–H and O–H groups in total. The normalized spacial score (nSPS) is 11.4. The molecule has 0 saturated carbocycles. The van der Waals surface area contributed by atoms with Crippen LogP contribution in [0.3, 0.4) is 0 Å². The van der Waals surface area contributed by atoms with Gasteiger partial charge in [-0.1, -0.05) is 233 Å². The van der Waals surface area contributed by atoms with Crippen molar-refractivity contribution in [1.82, 2.24) is 0 Å². The van der Waals surface area contributed by atoms with Gasteiger partial charge in [-0.15, -0.1) is 0 Å². The van der Waals surface area contributed by atoms with Gasteiger partial charge >= 0.3 is 0 Å². The fourth-order valence-electron chi connectivity index (χ4n) is 7.36. The highest BCUT2D eigenvalue weighted by molar-refractivity contribution is 5.54. The van der Waals surface area contributed by atoms with Gasteiger partial charge in [0.15, 0.2) is 11.5 Å². The highest BCUT2D eigenvalue weighted by Gasteiger charge is 2.15. The largest absolute Gasteiger partial charge is 0.490 e. The third-order valence-electron chi connectivity index (χ3n) is 10.8. The van der Waals surface area contributed by atoms with Crippen LogP contribution in [0.25, 0.3) is 0 Å². The lowest BCUT2D eigenvalue weighted by atomic mass is 10.1. The molecule has 0 aliphatic heterocycles. The third kappa shape index (κ3) is 31.0. The van der Waals surface area contributed by atoms with Gasteiger partial charge in [-0.05, 0) is 43.9 Å². The molecule has 0 bridgehead atoms. The van der Waals surface area contributed by atoms with Gasteiger partial charge in [-0.25, -0.2) is 0 Å². The SMILES string of the molecule is [CH2]c1cc(OCCCCCCCCCCCCCC)c(OCCCCCCCCCCCCCC)c(OCCCCCCCCCCCCCC)c1. The van der Waals surface area contributed by atoms with E-state index in [-0.39, 0.29) is 0 Å². The van der Waals surface area contributed by atoms with E-state index in [1.807, 2.05) is 0 Å². The van der Waals surface area contributed by atoms with Crippen molar-refractivity contribution in [2.45, 2.75) is 252 Å². The van der Waals surface area contributed by atoms with E-state index in [9.17, 15) is 0 Å². The molecule has 0 fully saturated rings. The van der Waals surface area contributed by atoms with Gasteiger partial charge in [-0.2, -0.15) is 0 Å². The van der Waals surface area contributed by atoms with E-state index in [4.69, 9.17) is 14.2 Å². The average Bonchev–Trinajstić information content (AvgIpc) is 3.14. The number of hydrogen-bond acceptors (Lipinski definition) is 3. The number of benzene rings is 1. The van der Waals surface area contributed by atoms with Crippen LogP contribution in [-0.4, -0.2) is 19.8 Å². The van der Waals surface area contributed by atoms with Crippen LogP contribution in [0.2, 0.25) is 0 Å². The molecule has 305 valence electrons. The molecule has 0 unspecified atom stereocenters. The summed E-state index contributed by atoms with van der Waals surface area (Å²) in [5, 5.41) is 0. The van der Waals surface area contributed by atoms with Crippen molar-refractivity contribution in [1.29, 1.82) is 0 Å². The Hall–Kier alpha value is -1.38. The summed E-state index contributed by atoms with van der Waals surface area (Å²) in [6, 6.07) is 4.10. The molecular weight excluding hydrogens is 637 g/mol. The van der Waals surface area contributed by atoms with Crippen LogP contribution < -0.4 is 14.2 Å². The van der Waals surface area contributed by atoms with Crippen LogP contribution >= 0.6 is 0 Å². The monoisotopic (exact) mass is 728 g/mol. The quantitative estimate of drug-likeness (QED) is 0.0628. The third-order valence-corrected chi connectivity index (χ3v) is 10.8. The van der Waals surface area contributed by atoms with E-state index in [0.717, 1.165) is 61.9 Å². The van der Waals surface area contributed by atoms with Gasteiger partial charge < -0.3 is 14.2 Å². The molecule has 0 aliphatic rings. The van der Waals surface area contributed by atoms with Crippen molar-refractivity contribution in [3.05, 3.63) is 24.6 Å². The van der Waals surface area contributed by atoms with Crippen molar-refractivity contribution < 1.29 is 14.2 Å². The van der Waals surface area contributed by atoms with Crippen LogP contribution in [0.1, 0.15) is 257 Å². The number of hydrogen-bond donors (Lipinski definition) is 0. The smallest absolute Gasteiger partial charge is 0.203 e. The van der Waals surface area contributed by atoms with Crippen LogP contribution in [-0.2, 0) is 0 Å². The molecule has 0 amide bonds. The molecule has 1 radical (unpaired) electrons. The standard InChI is InChI=1S/C49H91O3/c1-5-8-11-14-17-20-23-26-29-32-35-38-41-50-47-44-46(4)45-48(51-42-39-36-33-30-27-24-21-18-15-12-9-6-2)49(47)52-43-40-37-34-31-28-25-22-19-16-13-10-7-3/h44-45H,4-43H2,1-3H3. The van der Waals surface area contributed by atoms with Crippen LogP contribution in [0.4, 0.5) is 0 Å². The summed E-state index contributed by atoms with van der Waals surface area (Å²) in [7, 11) is 0. The zero-order valence-corrected chi connectivity index (χ0v) is 35.7. The maximum atomic E-state index is 6.47. The molecule has 1 rings (SSSR count). The second-order valence-corrected chi connectivity index (χ2v) is 16.1. The maximum Gasteiger partial charge on any atom is 0.203 e. The lowest BCUT2D eigenvalue weighted by Crippen LogP contribution is -2.06. The first-order valence-corrected chi connectivity index (χ1v) is 23.6. The van der Waals surface area contributed by atoms with Gasteiger partial charge in [0.05, 0.1) is 19.8 Å². The Balaban J connectivity index is 2.42. The summed E-state index contributed by atoms with van der Waals surface area (Å²) in [5.41, 5.74) is 0.937. The summed E-state index contributed by atoms with van der Waals surface area (Å²) in [6.07, 6.45) is 48.6. The summed E-state index contributed by atoms with van der Waals surface area (Å²) in [5.74, 6) is 2.44. The van der Waals surface area contributed by atoms with Crippen molar-refractivity contribution in [2.24, 2.45) is 0 Å². The second-order valence-electron chi connectivity index (χ2n) is 16.1. The van der Waals surface area contributed by atoms with Gasteiger partial charge in [0.2, 0.25) is 5.75 Å². The molecule has 52 heavy (non-hydrogen) atoms. The molecule has 0 saturated heterocycles. The predicted octanol–water partition coefficient (Wildman–Crippen LogP) is 17.1. The molecule has 1 aromatic carbocycles. The molecule has 1 aromatic rings. The Labute approximate surface area is 326 Å². The molecule has 0 atom stereocenters. The first kappa shape index (κ1) is 48.6. The summed E-state index contributed by atoms with van der Waals surface area (Å²) >= 11 is 0. The summed E-state index contributed by atoms with van der Waals surface area (Å²) in [6.45, 7) is 13.3. The van der Waals surface area contributed by atoms with Crippen LogP contribution in [0.5, 0.6) is 17.2 Å². The lowest BCUT2D eigenvalue weighted by Gasteiger charge is -2.18. The number of ether oxygens (including phenoxy) is 3. The predicted molar refractivity (Wildman–Crippen MR) is 231 cm³/mol. The van der Waals surface area contributed by atoms with Gasteiger partial charge in [-0.3, -0.25) is 0 Å². The minimum Gasteiger partial charge on any atom is -0.490 e. The van der Waals surface area contributed by atoms with E-state index in [2.05, 4.69) is 39.8 Å². The van der Waals surface area contributed by atoms with Crippen molar-refractivity contribution in [2.75, 3.05) is 19.8 Å². The van der Waals surface area contributed by atoms with E-state index in [1.165, 1.54) is 212 Å². The molecule has 3 nitrogen and oxygen atoms in total. The van der Waals surface area contributed by atoms with E-state index >= 15 is 0 Å². The number of unbranched alkanes of at least 4 members (excludes halogenated alkanes) is 33. The van der Waals surface area contributed by atoms with Gasteiger partial charge in [0, 0.05) is 0 Å². The topological polar surface area (TPSA) is 27.7 Å². The molecule has 0 spiro atoms. The van der Waals surface area contributed by atoms with Crippen LogP contribution in [0, 0.1) is 6.92 Å². The van der Waals surface area contributed by atoms with Crippen molar-refractivity contribution in [3.8, 4) is 17.2 Å². The van der Waals surface area contributed by atoms with Crippen molar-refractivity contribution in [3.63, 3.8) is 0 Å². The van der Waals surface area contributed by atoms with Gasteiger partial charge in [0.25, 0.3) is 0 Å². The molecule has 0 aliphatic carbocycles. The minimum absolute atomic E-state index is 0.720. The highest BCUT2D eigenvalue weighted by Crippen LogP contribution is 2.39. The fourth-order valence-corrected chi connectivity index (χ4v) is 7.36. The lowest BCUT2D eigenvalue weighted by molar-refractivity contribution is 0.234. The molecule has 0 heterocycles. The highest BCUT2D eigenvalue weighted by atomic mass is 16.5. The number of rotatable bonds is 42. The Kier molecular flexibility index (Phi) is 36.8. The Morgan fingerprint density at radius 3 is 0.769 bits per heavy atom. The van der Waals surface area contributed by atoms with Crippen LogP contribution in [0.15, 0.2) is 12.1 Å². The summed E-state index contributed by atoms with van der Waals surface area (Å²) in [4.78, 5) is 0. The minimum atomic E-state index is 0.720. The first-order valence-electron chi connectivity index (χ1n) is 23.6. The Bertz CT molecular complexity index is 800. The van der Waals surface area contributed by atoms with E-state index in [0.29, 0.717) is 0 Å². The van der Waals surface area contributed by atoms with E-state index < -0.39 is 0 Å². The van der Waals surface area contributed by atoms with Crippen molar-refractivity contribution >= 4 is 0 Å².